The fraction of sp³-hybridized carbons (Fsp3) is 0.417. The molecule has 0 saturated carbocycles. The number of pyridine rings is 1. The lowest BCUT2D eigenvalue weighted by Crippen LogP contribution is -2.16. The number of ether oxygens (including phenoxy) is 1. The minimum atomic E-state index is -1.04. The third-order valence-corrected chi connectivity index (χ3v) is 2.28. The molecule has 0 bridgehead atoms. The maximum Gasteiger partial charge on any atom is 0.412 e. The number of nitrogens with one attached hydrogen (secondary N) is 1. The molecule has 6 heteroatoms. The Hall–Kier alpha value is -2.11. The molecule has 0 unspecified atom stereocenters. The Kier molecular flexibility index (Phi) is 5.10. The van der Waals surface area contributed by atoms with Gasteiger partial charge in [-0.05, 0) is 25.5 Å². The zero-order valence-corrected chi connectivity index (χ0v) is 10.4. The predicted octanol–water partition coefficient (Wildman–Crippen LogP) is 2.44. The minimum Gasteiger partial charge on any atom is -0.478 e. The van der Waals surface area contributed by atoms with Crippen LogP contribution in [0.1, 0.15) is 35.8 Å². The number of carbonyl (C=O) groups excluding carboxylic acids is 1. The average Bonchev–Trinajstić information content (AvgIpc) is 2.28. The third kappa shape index (κ3) is 4.04. The van der Waals surface area contributed by atoms with Crippen molar-refractivity contribution in [2.75, 3.05) is 11.9 Å². The van der Waals surface area contributed by atoms with Crippen LogP contribution in [-0.4, -0.2) is 28.8 Å². The molecule has 2 N–H and O–H groups in total. The second-order valence-corrected chi connectivity index (χ2v) is 3.75. The number of nitrogens with zero attached hydrogens (tertiary/aromatic N) is 1. The highest BCUT2D eigenvalue weighted by Crippen LogP contribution is 2.10. The summed E-state index contributed by atoms with van der Waals surface area (Å²) in [7, 11) is 0. The van der Waals surface area contributed by atoms with E-state index in [1.807, 2.05) is 6.92 Å². The summed E-state index contributed by atoms with van der Waals surface area (Å²) in [6.07, 6.45) is 1.16. The molecular weight excluding hydrogens is 236 g/mol. The van der Waals surface area contributed by atoms with Gasteiger partial charge in [0.05, 0.1) is 17.9 Å². The number of hydrogen-bond acceptors (Lipinski definition) is 4. The Morgan fingerprint density at radius 3 is 2.72 bits per heavy atom. The summed E-state index contributed by atoms with van der Waals surface area (Å²) in [5.41, 5.74) is 0.453. The monoisotopic (exact) mass is 252 g/mol. The number of carbonyl (C=O) groups is 2. The summed E-state index contributed by atoms with van der Waals surface area (Å²) in [5.74, 6) is -0.768. The molecule has 0 radical (unpaired) electrons. The first kappa shape index (κ1) is 14.0. The summed E-state index contributed by atoms with van der Waals surface area (Å²) in [6, 6.07) is 2.82. The zero-order valence-electron chi connectivity index (χ0n) is 10.4. The fourth-order valence-corrected chi connectivity index (χ4v) is 1.31. The average molecular weight is 252 g/mol. The van der Waals surface area contributed by atoms with E-state index in [1.165, 1.54) is 12.1 Å². The molecule has 0 aliphatic rings. The van der Waals surface area contributed by atoms with Crippen LogP contribution in [0.3, 0.4) is 0 Å². The maximum absolute atomic E-state index is 11.3. The number of amides is 1. The lowest BCUT2D eigenvalue weighted by Gasteiger charge is -2.07. The van der Waals surface area contributed by atoms with E-state index in [2.05, 4.69) is 10.3 Å². The molecule has 0 saturated heterocycles. The fourth-order valence-electron chi connectivity index (χ4n) is 1.31. The van der Waals surface area contributed by atoms with E-state index < -0.39 is 12.1 Å². The topological polar surface area (TPSA) is 88.5 Å². The molecule has 1 rings (SSSR count). The first-order chi connectivity index (χ1) is 8.54. The summed E-state index contributed by atoms with van der Waals surface area (Å²) >= 11 is 0. The predicted molar refractivity (Wildman–Crippen MR) is 65.8 cm³/mol. The number of hydrogen-bond donors (Lipinski definition) is 2. The molecule has 18 heavy (non-hydrogen) atoms. The maximum atomic E-state index is 11.3. The Labute approximate surface area is 105 Å². The molecule has 1 amide bonds. The van der Waals surface area contributed by atoms with Gasteiger partial charge in [0.25, 0.3) is 0 Å². The highest BCUT2D eigenvalue weighted by Gasteiger charge is 2.10. The van der Waals surface area contributed by atoms with Crippen molar-refractivity contribution in [3.05, 3.63) is 23.4 Å². The van der Waals surface area contributed by atoms with E-state index in [4.69, 9.17) is 9.84 Å². The lowest BCUT2D eigenvalue weighted by atomic mass is 10.2. The normalized spacial score (nSPS) is 9.89. The molecule has 0 spiro atoms. The number of unbranched alkanes of at least 4 members (excludes halogenated alkanes) is 1. The lowest BCUT2D eigenvalue weighted by molar-refractivity contribution is 0.0695. The van der Waals surface area contributed by atoms with Crippen LogP contribution < -0.4 is 5.32 Å². The van der Waals surface area contributed by atoms with Crippen LogP contribution in [0.15, 0.2) is 12.1 Å². The molecule has 6 nitrogen and oxygen atoms in total. The van der Waals surface area contributed by atoms with Gasteiger partial charge in [-0.3, -0.25) is 5.32 Å². The molecule has 0 atom stereocenters. The number of rotatable bonds is 5. The van der Waals surface area contributed by atoms with E-state index in [0.717, 1.165) is 12.8 Å². The van der Waals surface area contributed by atoms with Crippen molar-refractivity contribution in [3.8, 4) is 0 Å². The van der Waals surface area contributed by atoms with Crippen LogP contribution in [0.4, 0.5) is 10.6 Å². The van der Waals surface area contributed by atoms with Gasteiger partial charge in [0.15, 0.2) is 0 Å². The van der Waals surface area contributed by atoms with Gasteiger partial charge in [0.1, 0.15) is 5.82 Å². The first-order valence-corrected chi connectivity index (χ1v) is 5.69. The van der Waals surface area contributed by atoms with Gasteiger partial charge >= 0.3 is 12.1 Å². The van der Waals surface area contributed by atoms with Crippen molar-refractivity contribution in [2.45, 2.75) is 26.7 Å². The van der Waals surface area contributed by atoms with Crippen LogP contribution in [0.2, 0.25) is 0 Å². The van der Waals surface area contributed by atoms with E-state index >= 15 is 0 Å². The number of aromatic carboxylic acids is 1. The Morgan fingerprint density at radius 2 is 2.17 bits per heavy atom. The van der Waals surface area contributed by atoms with Crippen LogP contribution in [0.5, 0.6) is 0 Å². The van der Waals surface area contributed by atoms with Crippen LogP contribution in [-0.2, 0) is 4.74 Å². The Balaban J connectivity index is 2.60. The first-order valence-electron chi connectivity index (χ1n) is 5.69. The van der Waals surface area contributed by atoms with Gasteiger partial charge in [-0.2, -0.15) is 0 Å². The van der Waals surface area contributed by atoms with Crippen molar-refractivity contribution < 1.29 is 19.4 Å². The molecule has 1 aromatic heterocycles. The van der Waals surface area contributed by atoms with Crippen LogP contribution in [0, 0.1) is 6.92 Å². The van der Waals surface area contributed by atoms with E-state index in [1.54, 1.807) is 6.92 Å². The Bertz CT molecular complexity index is 446. The molecule has 0 fully saturated rings. The summed E-state index contributed by atoms with van der Waals surface area (Å²) < 4.78 is 4.90. The quantitative estimate of drug-likeness (QED) is 0.786. The highest BCUT2D eigenvalue weighted by molar-refractivity contribution is 5.90. The number of aromatic nitrogens is 1. The summed E-state index contributed by atoms with van der Waals surface area (Å²) in [6.45, 7) is 3.92. The van der Waals surface area contributed by atoms with Crippen LogP contribution in [0.25, 0.3) is 0 Å². The number of anilines is 1. The molecule has 0 aromatic carbocycles. The smallest absolute Gasteiger partial charge is 0.412 e. The van der Waals surface area contributed by atoms with Gasteiger partial charge < -0.3 is 9.84 Å². The highest BCUT2D eigenvalue weighted by atomic mass is 16.5. The van der Waals surface area contributed by atoms with Gasteiger partial charge in [-0.25, -0.2) is 14.6 Å². The standard InChI is InChI=1S/C12H16N2O4/c1-3-4-7-18-12(17)14-10-6-5-9(11(15)16)8(2)13-10/h5-6H,3-4,7H2,1-2H3,(H,15,16)(H,13,14,17). The van der Waals surface area contributed by atoms with Crippen molar-refractivity contribution in [2.24, 2.45) is 0 Å². The van der Waals surface area contributed by atoms with Crippen molar-refractivity contribution in [1.29, 1.82) is 0 Å². The van der Waals surface area contributed by atoms with Gasteiger partial charge in [0.2, 0.25) is 0 Å². The van der Waals surface area contributed by atoms with Gasteiger partial charge in [-0.1, -0.05) is 13.3 Å². The second kappa shape index (κ2) is 6.58. The second-order valence-electron chi connectivity index (χ2n) is 3.75. The van der Waals surface area contributed by atoms with E-state index in [9.17, 15) is 9.59 Å². The Morgan fingerprint density at radius 1 is 1.44 bits per heavy atom. The summed E-state index contributed by atoms with van der Waals surface area (Å²) in [5, 5.41) is 11.3. The number of aryl methyl sites for hydroxylation is 1. The number of carboxylic acids is 1. The molecular formula is C12H16N2O4. The SMILES string of the molecule is CCCCOC(=O)Nc1ccc(C(=O)O)c(C)n1. The van der Waals surface area contributed by atoms with E-state index in [0.29, 0.717) is 12.3 Å². The van der Waals surface area contributed by atoms with E-state index in [-0.39, 0.29) is 11.4 Å². The van der Waals surface area contributed by atoms with Crippen molar-refractivity contribution in [1.82, 2.24) is 4.98 Å². The van der Waals surface area contributed by atoms with Crippen molar-refractivity contribution in [3.63, 3.8) is 0 Å². The van der Waals surface area contributed by atoms with Gasteiger partial charge in [-0.15, -0.1) is 0 Å². The summed E-state index contributed by atoms with van der Waals surface area (Å²) in [4.78, 5) is 26.1. The number of carboxylic acid groups (broad SMARTS) is 1. The molecule has 0 aliphatic heterocycles. The molecule has 0 aliphatic carbocycles. The minimum absolute atomic E-state index is 0.111. The van der Waals surface area contributed by atoms with Crippen LogP contribution >= 0.6 is 0 Å². The molecule has 1 heterocycles. The zero-order chi connectivity index (χ0) is 13.5. The van der Waals surface area contributed by atoms with Gasteiger partial charge in [0, 0.05) is 0 Å². The largest absolute Gasteiger partial charge is 0.478 e. The van der Waals surface area contributed by atoms with Crippen molar-refractivity contribution >= 4 is 17.9 Å². The molecule has 98 valence electrons. The third-order valence-electron chi connectivity index (χ3n) is 2.28. The molecule has 1 aromatic rings.